The van der Waals surface area contributed by atoms with Crippen molar-refractivity contribution in [3.8, 4) is 5.88 Å². The predicted molar refractivity (Wildman–Crippen MR) is 93.7 cm³/mol. The van der Waals surface area contributed by atoms with Gasteiger partial charge < -0.3 is 14.8 Å². The molecule has 0 unspecified atom stereocenters. The van der Waals surface area contributed by atoms with Crippen molar-refractivity contribution in [1.82, 2.24) is 4.98 Å². The average molecular weight is 364 g/mol. The molecule has 1 aromatic heterocycles. The summed E-state index contributed by atoms with van der Waals surface area (Å²) in [6.07, 6.45) is 1.44. The Labute approximate surface area is 146 Å². The first-order chi connectivity index (χ1) is 12.0. The molecule has 1 aromatic carbocycles. The second-order valence-corrected chi connectivity index (χ2v) is 7.33. The van der Waals surface area contributed by atoms with Gasteiger partial charge in [0.15, 0.2) is 9.84 Å². The maximum Gasteiger partial charge on any atom is 0.257 e. The van der Waals surface area contributed by atoms with Crippen molar-refractivity contribution in [2.24, 2.45) is 0 Å². The van der Waals surface area contributed by atoms with Gasteiger partial charge in [-0.1, -0.05) is 19.1 Å². The Bertz CT molecular complexity index is 819. The molecular formula is C17H20N2O5S. The summed E-state index contributed by atoms with van der Waals surface area (Å²) in [4.78, 5) is 16.5. The van der Waals surface area contributed by atoms with E-state index in [1.165, 1.54) is 25.3 Å². The van der Waals surface area contributed by atoms with E-state index in [9.17, 15) is 13.2 Å². The third-order valence-corrected chi connectivity index (χ3v) is 5.16. The topological polar surface area (TPSA) is 94.6 Å². The van der Waals surface area contributed by atoms with Crippen molar-refractivity contribution >= 4 is 21.4 Å². The molecule has 0 saturated heterocycles. The third-order valence-electron chi connectivity index (χ3n) is 3.38. The van der Waals surface area contributed by atoms with Crippen molar-refractivity contribution in [3.63, 3.8) is 0 Å². The highest BCUT2D eigenvalue weighted by Gasteiger charge is 2.20. The highest BCUT2D eigenvalue weighted by Crippen LogP contribution is 2.19. The second kappa shape index (κ2) is 8.59. The number of methoxy groups -OCH3 is 1. The minimum absolute atomic E-state index is 0.0162. The van der Waals surface area contributed by atoms with Crippen LogP contribution in [0.3, 0.4) is 0 Å². The lowest BCUT2D eigenvalue weighted by molar-refractivity contribution is 0.102. The number of pyridine rings is 1. The SMILES string of the molecule is CCS(=O)(=O)c1ccccc1C(=O)Nc1ccc(OCCOC)nc1. The minimum Gasteiger partial charge on any atom is -0.475 e. The van der Waals surface area contributed by atoms with E-state index in [1.807, 2.05) is 0 Å². The molecule has 0 aliphatic rings. The van der Waals surface area contributed by atoms with Gasteiger partial charge in [-0.3, -0.25) is 4.79 Å². The van der Waals surface area contributed by atoms with Gasteiger partial charge in [-0.25, -0.2) is 13.4 Å². The summed E-state index contributed by atoms with van der Waals surface area (Å²) >= 11 is 0. The fourth-order valence-corrected chi connectivity index (χ4v) is 3.14. The Kier molecular flexibility index (Phi) is 6.49. The number of hydrogen-bond acceptors (Lipinski definition) is 6. The number of nitrogens with zero attached hydrogens (tertiary/aromatic N) is 1. The molecule has 0 aliphatic carbocycles. The quantitative estimate of drug-likeness (QED) is 0.721. The molecule has 2 rings (SSSR count). The third kappa shape index (κ3) is 5.01. The smallest absolute Gasteiger partial charge is 0.257 e. The molecule has 25 heavy (non-hydrogen) atoms. The first-order valence-corrected chi connectivity index (χ1v) is 9.34. The van der Waals surface area contributed by atoms with E-state index in [-0.39, 0.29) is 16.2 Å². The van der Waals surface area contributed by atoms with E-state index in [0.29, 0.717) is 24.8 Å². The van der Waals surface area contributed by atoms with E-state index in [4.69, 9.17) is 9.47 Å². The van der Waals surface area contributed by atoms with Crippen LogP contribution in [0, 0.1) is 0 Å². The van der Waals surface area contributed by atoms with Crippen LogP contribution in [-0.2, 0) is 14.6 Å². The molecular weight excluding hydrogens is 344 g/mol. The summed E-state index contributed by atoms with van der Waals surface area (Å²) in [5, 5.41) is 2.64. The van der Waals surface area contributed by atoms with Gasteiger partial charge in [-0.2, -0.15) is 0 Å². The fraction of sp³-hybridized carbons (Fsp3) is 0.294. The molecule has 7 nitrogen and oxygen atoms in total. The van der Waals surface area contributed by atoms with Crippen molar-refractivity contribution in [2.45, 2.75) is 11.8 Å². The molecule has 1 amide bonds. The lowest BCUT2D eigenvalue weighted by Gasteiger charge is -2.10. The van der Waals surface area contributed by atoms with Crippen molar-refractivity contribution < 1.29 is 22.7 Å². The number of amides is 1. The number of aromatic nitrogens is 1. The summed E-state index contributed by atoms with van der Waals surface area (Å²) in [5.41, 5.74) is 0.539. The molecule has 0 fully saturated rings. The Balaban J connectivity index is 2.13. The molecule has 0 spiro atoms. The zero-order valence-electron chi connectivity index (χ0n) is 14.1. The van der Waals surface area contributed by atoms with Gasteiger partial charge >= 0.3 is 0 Å². The summed E-state index contributed by atoms with van der Waals surface area (Å²) in [6, 6.07) is 9.36. The van der Waals surface area contributed by atoms with Gasteiger partial charge in [-0.15, -0.1) is 0 Å². The monoisotopic (exact) mass is 364 g/mol. The van der Waals surface area contributed by atoms with Gasteiger partial charge in [0, 0.05) is 13.2 Å². The van der Waals surface area contributed by atoms with Crippen LogP contribution >= 0.6 is 0 Å². The summed E-state index contributed by atoms with van der Waals surface area (Å²) in [5.74, 6) is -0.182. The maximum atomic E-state index is 12.4. The van der Waals surface area contributed by atoms with Gasteiger partial charge in [-0.05, 0) is 18.2 Å². The number of anilines is 1. The van der Waals surface area contributed by atoms with Crippen LogP contribution in [-0.4, -0.2) is 45.4 Å². The van der Waals surface area contributed by atoms with E-state index in [2.05, 4.69) is 10.3 Å². The summed E-state index contributed by atoms with van der Waals surface area (Å²) < 4.78 is 34.5. The maximum absolute atomic E-state index is 12.4. The largest absolute Gasteiger partial charge is 0.475 e. The molecule has 0 saturated carbocycles. The van der Waals surface area contributed by atoms with E-state index < -0.39 is 15.7 Å². The molecule has 0 aliphatic heterocycles. The molecule has 0 radical (unpaired) electrons. The number of carbonyl (C=O) groups is 1. The van der Waals surface area contributed by atoms with Crippen LogP contribution < -0.4 is 10.1 Å². The van der Waals surface area contributed by atoms with Crippen molar-refractivity contribution in [3.05, 3.63) is 48.2 Å². The van der Waals surface area contributed by atoms with Gasteiger partial charge in [0.05, 0.1) is 34.7 Å². The molecule has 0 atom stereocenters. The summed E-state index contributed by atoms with van der Waals surface area (Å²) in [6.45, 7) is 2.36. The molecule has 134 valence electrons. The van der Waals surface area contributed by atoms with Crippen molar-refractivity contribution in [1.29, 1.82) is 0 Å². The fourth-order valence-electron chi connectivity index (χ4n) is 2.05. The molecule has 1 heterocycles. The second-order valence-electron chi connectivity index (χ2n) is 5.08. The van der Waals surface area contributed by atoms with E-state index in [0.717, 1.165) is 0 Å². The average Bonchev–Trinajstić information content (AvgIpc) is 2.63. The Morgan fingerprint density at radius 2 is 1.92 bits per heavy atom. The van der Waals surface area contributed by atoms with Crippen LogP contribution in [0.15, 0.2) is 47.5 Å². The molecule has 0 bridgehead atoms. The number of rotatable bonds is 8. The summed E-state index contributed by atoms with van der Waals surface area (Å²) in [7, 11) is -1.92. The Hall–Kier alpha value is -2.45. The lowest BCUT2D eigenvalue weighted by atomic mass is 10.2. The number of nitrogens with one attached hydrogen (secondary N) is 1. The first-order valence-electron chi connectivity index (χ1n) is 7.69. The number of hydrogen-bond donors (Lipinski definition) is 1. The first kappa shape index (κ1) is 18.9. The van der Waals surface area contributed by atoms with E-state index >= 15 is 0 Å². The molecule has 1 N–H and O–H groups in total. The zero-order valence-corrected chi connectivity index (χ0v) is 14.9. The van der Waals surface area contributed by atoms with Crippen LogP contribution in [0.4, 0.5) is 5.69 Å². The van der Waals surface area contributed by atoms with Crippen LogP contribution in [0.2, 0.25) is 0 Å². The van der Waals surface area contributed by atoms with Crippen molar-refractivity contribution in [2.75, 3.05) is 31.4 Å². The number of carbonyl (C=O) groups excluding carboxylic acids is 1. The highest BCUT2D eigenvalue weighted by molar-refractivity contribution is 7.91. The van der Waals surface area contributed by atoms with Crippen LogP contribution in [0.25, 0.3) is 0 Å². The number of sulfone groups is 1. The van der Waals surface area contributed by atoms with Gasteiger partial charge in [0.25, 0.3) is 5.91 Å². The lowest BCUT2D eigenvalue weighted by Crippen LogP contribution is -2.17. The standard InChI is InChI=1S/C17H20N2O5S/c1-3-25(21,22)15-7-5-4-6-14(15)17(20)19-13-8-9-16(18-12-13)24-11-10-23-2/h4-9,12H,3,10-11H2,1-2H3,(H,19,20). The Morgan fingerprint density at radius 1 is 1.16 bits per heavy atom. The number of benzene rings is 1. The predicted octanol–water partition coefficient (Wildman–Crippen LogP) is 2.15. The van der Waals surface area contributed by atoms with Gasteiger partial charge in [0.1, 0.15) is 6.61 Å². The van der Waals surface area contributed by atoms with Crippen LogP contribution in [0.1, 0.15) is 17.3 Å². The van der Waals surface area contributed by atoms with Gasteiger partial charge in [0.2, 0.25) is 5.88 Å². The Morgan fingerprint density at radius 3 is 2.56 bits per heavy atom. The minimum atomic E-state index is -3.49. The molecule has 2 aromatic rings. The normalized spacial score (nSPS) is 11.1. The zero-order chi connectivity index (χ0) is 18.3. The highest BCUT2D eigenvalue weighted by atomic mass is 32.2. The van der Waals surface area contributed by atoms with E-state index in [1.54, 1.807) is 31.4 Å². The van der Waals surface area contributed by atoms with Crippen LogP contribution in [0.5, 0.6) is 5.88 Å². The molecule has 8 heteroatoms. The number of ether oxygens (including phenoxy) is 2.